The normalized spacial score (nSPS) is 15.1. The van der Waals surface area contributed by atoms with E-state index < -0.39 is 5.25 Å². The summed E-state index contributed by atoms with van der Waals surface area (Å²) in [5.41, 5.74) is 2.85. The predicted molar refractivity (Wildman–Crippen MR) is 138 cm³/mol. The van der Waals surface area contributed by atoms with Crippen molar-refractivity contribution in [1.82, 2.24) is 5.32 Å². The van der Waals surface area contributed by atoms with E-state index in [-0.39, 0.29) is 11.1 Å². The Morgan fingerprint density at radius 3 is 2.31 bits per heavy atom. The molecule has 182 valence electrons. The fourth-order valence-electron chi connectivity index (χ4n) is 3.85. The van der Waals surface area contributed by atoms with Crippen molar-refractivity contribution in [3.05, 3.63) is 83.4 Å². The number of imide groups is 1. The standard InChI is InChI=1S/C28H29NO5S/c1-3-8-20-18-23(34-22-9-5-4-6-10-22)12-14-25(20)33-16-7-15-32-24-13-11-21(17-19(24)2)26-27(30)29-28(31)35-26/h4-6,9-14,17-18,26H,3,7-8,15-16H2,1-2H3,(H,29,30,31). The first-order valence-electron chi connectivity index (χ1n) is 11.8. The van der Waals surface area contributed by atoms with Gasteiger partial charge in [0.2, 0.25) is 5.91 Å². The molecule has 2 amide bonds. The highest BCUT2D eigenvalue weighted by Crippen LogP contribution is 2.36. The Kier molecular flexibility index (Phi) is 8.32. The smallest absolute Gasteiger partial charge is 0.286 e. The molecule has 0 aromatic heterocycles. The lowest BCUT2D eigenvalue weighted by atomic mass is 10.1. The SMILES string of the molecule is CCCc1cc(Oc2ccccc2)ccc1OCCCOc1ccc(C2SC(=O)NC2=O)cc1C. The number of carbonyl (C=O) groups excluding carboxylic acids is 2. The molecule has 1 atom stereocenters. The van der Waals surface area contributed by atoms with Crippen LogP contribution in [0.5, 0.6) is 23.0 Å². The average Bonchev–Trinajstić information content (AvgIpc) is 3.19. The number of ether oxygens (including phenoxy) is 3. The number of hydrogen-bond acceptors (Lipinski definition) is 6. The highest BCUT2D eigenvalue weighted by molar-refractivity contribution is 8.15. The monoisotopic (exact) mass is 491 g/mol. The van der Waals surface area contributed by atoms with Crippen LogP contribution < -0.4 is 19.5 Å². The maximum atomic E-state index is 11.9. The van der Waals surface area contributed by atoms with E-state index in [1.54, 1.807) is 0 Å². The van der Waals surface area contributed by atoms with E-state index in [9.17, 15) is 9.59 Å². The molecule has 3 aromatic rings. The molecule has 1 N–H and O–H groups in total. The van der Waals surface area contributed by atoms with Crippen LogP contribution in [0, 0.1) is 6.92 Å². The number of benzene rings is 3. The van der Waals surface area contributed by atoms with Crippen molar-refractivity contribution in [3.63, 3.8) is 0 Å². The van der Waals surface area contributed by atoms with Crippen LogP contribution in [0.2, 0.25) is 0 Å². The predicted octanol–water partition coefficient (Wildman–Crippen LogP) is 6.61. The van der Waals surface area contributed by atoms with Gasteiger partial charge >= 0.3 is 0 Å². The summed E-state index contributed by atoms with van der Waals surface area (Å²) in [7, 11) is 0. The van der Waals surface area contributed by atoms with Crippen LogP contribution in [0.3, 0.4) is 0 Å². The van der Waals surface area contributed by atoms with Gasteiger partial charge in [-0.15, -0.1) is 0 Å². The van der Waals surface area contributed by atoms with Crippen molar-refractivity contribution in [1.29, 1.82) is 0 Å². The molecular weight excluding hydrogens is 462 g/mol. The van der Waals surface area contributed by atoms with E-state index in [0.717, 1.165) is 70.7 Å². The van der Waals surface area contributed by atoms with Gasteiger partial charge in [0.15, 0.2) is 0 Å². The Balaban J connectivity index is 1.27. The quantitative estimate of drug-likeness (QED) is 0.304. The highest BCUT2D eigenvalue weighted by atomic mass is 32.2. The van der Waals surface area contributed by atoms with Crippen molar-refractivity contribution in [2.24, 2.45) is 0 Å². The molecule has 35 heavy (non-hydrogen) atoms. The van der Waals surface area contributed by atoms with E-state index >= 15 is 0 Å². The Hall–Kier alpha value is -3.45. The van der Waals surface area contributed by atoms with Gasteiger partial charge in [0.1, 0.15) is 28.2 Å². The van der Waals surface area contributed by atoms with Crippen LogP contribution in [0.1, 0.15) is 41.7 Å². The summed E-state index contributed by atoms with van der Waals surface area (Å²) in [5, 5.41) is 1.52. The summed E-state index contributed by atoms with van der Waals surface area (Å²) in [6.07, 6.45) is 2.65. The molecule has 4 rings (SSSR count). The van der Waals surface area contributed by atoms with Crippen LogP contribution in [0.15, 0.2) is 66.7 Å². The summed E-state index contributed by atoms with van der Waals surface area (Å²) in [4.78, 5) is 23.3. The van der Waals surface area contributed by atoms with E-state index in [2.05, 4.69) is 12.2 Å². The van der Waals surface area contributed by atoms with E-state index in [0.29, 0.717) is 13.2 Å². The molecule has 7 heteroatoms. The largest absolute Gasteiger partial charge is 0.493 e. The summed E-state index contributed by atoms with van der Waals surface area (Å²) >= 11 is 1.00. The number of carbonyl (C=O) groups is 2. The minimum Gasteiger partial charge on any atom is -0.493 e. The van der Waals surface area contributed by atoms with E-state index in [1.807, 2.05) is 73.7 Å². The van der Waals surface area contributed by atoms with E-state index in [1.165, 1.54) is 0 Å². The van der Waals surface area contributed by atoms with Crippen LogP contribution in [0.4, 0.5) is 4.79 Å². The first-order chi connectivity index (χ1) is 17.0. The number of amides is 2. The molecule has 1 aliphatic rings. The third-order valence-electron chi connectivity index (χ3n) is 5.52. The molecule has 1 saturated heterocycles. The third kappa shape index (κ3) is 6.57. The number of para-hydroxylation sites is 1. The van der Waals surface area contributed by atoms with Crippen LogP contribution in [-0.4, -0.2) is 24.4 Å². The molecule has 1 aliphatic heterocycles. The second-order valence-corrected chi connectivity index (χ2v) is 9.36. The van der Waals surface area contributed by atoms with Gasteiger partial charge in [0.05, 0.1) is 13.2 Å². The van der Waals surface area contributed by atoms with Gasteiger partial charge in [0, 0.05) is 6.42 Å². The van der Waals surface area contributed by atoms with Gasteiger partial charge < -0.3 is 14.2 Å². The van der Waals surface area contributed by atoms with Gasteiger partial charge in [-0.05, 0) is 78.2 Å². The molecular formula is C28H29NO5S. The molecule has 0 spiro atoms. The van der Waals surface area contributed by atoms with Gasteiger partial charge in [-0.3, -0.25) is 14.9 Å². The van der Waals surface area contributed by atoms with Crippen LogP contribution in [-0.2, 0) is 11.2 Å². The second-order valence-electron chi connectivity index (χ2n) is 8.28. The Morgan fingerprint density at radius 1 is 0.886 bits per heavy atom. The van der Waals surface area contributed by atoms with Gasteiger partial charge in [-0.1, -0.05) is 43.7 Å². The second kappa shape index (κ2) is 11.8. The maximum Gasteiger partial charge on any atom is 0.286 e. The van der Waals surface area contributed by atoms with Gasteiger partial charge in [-0.25, -0.2) is 0 Å². The first-order valence-corrected chi connectivity index (χ1v) is 12.6. The van der Waals surface area contributed by atoms with Crippen molar-refractivity contribution in [3.8, 4) is 23.0 Å². The third-order valence-corrected chi connectivity index (χ3v) is 6.56. The molecule has 1 fully saturated rings. The number of thioether (sulfide) groups is 1. The molecule has 3 aromatic carbocycles. The lowest BCUT2D eigenvalue weighted by Crippen LogP contribution is -2.20. The molecule has 0 bridgehead atoms. The summed E-state index contributed by atoms with van der Waals surface area (Å²) < 4.78 is 17.9. The summed E-state index contributed by atoms with van der Waals surface area (Å²) in [6.45, 7) is 5.12. The minimum absolute atomic E-state index is 0.271. The van der Waals surface area contributed by atoms with Crippen molar-refractivity contribution in [2.75, 3.05) is 13.2 Å². The lowest BCUT2D eigenvalue weighted by Gasteiger charge is -2.15. The molecule has 1 unspecified atom stereocenters. The van der Waals surface area contributed by atoms with Crippen LogP contribution in [0.25, 0.3) is 0 Å². The molecule has 0 saturated carbocycles. The maximum absolute atomic E-state index is 11.9. The zero-order chi connectivity index (χ0) is 24.6. The number of aryl methyl sites for hydroxylation is 2. The number of nitrogens with one attached hydrogen (secondary N) is 1. The summed E-state index contributed by atoms with van der Waals surface area (Å²) in [5.74, 6) is 2.97. The first kappa shape index (κ1) is 24.7. The zero-order valence-corrected chi connectivity index (χ0v) is 20.7. The minimum atomic E-state index is -0.495. The molecule has 0 aliphatic carbocycles. The fraction of sp³-hybridized carbons (Fsp3) is 0.286. The Bertz CT molecular complexity index is 1180. The van der Waals surface area contributed by atoms with Crippen molar-refractivity contribution >= 4 is 22.9 Å². The topological polar surface area (TPSA) is 73.9 Å². The van der Waals surface area contributed by atoms with Crippen molar-refractivity contribution < 1.29 is 23.8 Å². The summed E-state index contributed by atoms with van der Waals surface area (Å²) in [6, 6.07) is 21.3. The van der Waals surface area contributed by atoms with Gasteiger partial charge in [0.25, 0.3) is 5.24 Å². The molecule has 0 radical (unpaired) electrons. The zero-order valence-electron chi connectivity index (χ0n) is 19.9. The van der Waals surface area contributed by atoms with Gasteiger partial charge in [-0.2, -0.15) is 0 Å². The van der Waals surface area contributed by atoms with Crippen LogP contribution >= 0.6 is 11.8 Å². The fourth-order valence-corrected chi connectivity index (χ4v) is 4.67. The Morgan fingerprint density at radius 2 is 1.63 bits per heavy atom. The highest BCUT2D eigenvalue weighted by Gasteiger charge is 2.33. The number of hydrogen-bond donors (Lipinski definition) is 1. The lowest BCUT2D eigenvalue weighted by molar-refractivity contribution is -0.119. The average molecular weight is 492 g/mol. The van der Waals surface area contributed by atoms with E-state index in [4.69, 9.17) is 14.2 Å². The van der Waals surface area contributed by atoms with Crippen molar-refractivity contribution in [2.45, 2.75) is 38.4 Å². The number of rotatable bonds is 11. The molecule has 6 nitrogen and oxygen atoms in total. The molecule has 1 heterocycles. The Labute approximate surface area is 210 Å².